The van der Waals surface area contributed by atoms with Gasteiger partial charge in [0, 0.05) is 35.7 Å². The summed E-state index contributed by atoms with van der Waals surface area (Å²) in [5.74, 6) is 0.727. The van der Waals surface area contributed by atoms with Crippen molar-refractivity contribution >= 4 is 33.4 Å². The highest BCUT2D eigenvalue weighted by molar-refractivity contribution is 7.98. The number of nitrogens with one attached hydrogen (secondary N) is 1. The standard InChI is InChI=1S/C21H24N2O5S2/c1-29-17-4-2-16(3-5-17)22-21(24)15-8-10-23(11-9-15)30(25,26)18-6-7-19-20(14-18)28-13-12-27-19/h2-7,14-15H,8-13H2,1H3,(H,22,24). The third-order valence-electron chi connectivity index (χ3n) is 5.33. The molecule has 0 unspecified atom stereocenters. The summed E-state index contributed by atoms with van der Waals surface area (Å²) in [5.41, 5.74) is 0.754. The van der Waals surface area contributed by atoms with E-state index in [0.29, 0.717) is 50.6 Å². The summed E-state index contributed by atoms with van der Waals surface area (Å²) in [6.45, 7) is 1.47. The Morgan fingerprint density at radius 2 is 1.70 bits per heavy atom. The molecule has 160 valence electrons. The average molecular weight is 449 g/mol. The lowest BCUT2D eigenvalue weighted by molar-refractivity contribution is -0.120. The molecule has 1 fully saturated rings. The molecule has 0 bridgehead atoms. The number of nitrogens with zero attached hydrogens (tertiary/aromatic N) is 1. The van der Waals surface area contributed by atoms with E-state index >= 15 is 0 Å². The maximum atomic E-state index is 13.0. The Kier molecular flexibility index (Phi) is 6.21. The van der Waals surface area contributed by atoms with Crippen molar-refractivity contribution in [1.29, 1.82) is 0 Å². The molecule has 2 heterocycles. The highest BCUT2D eigenvalue weighted by atomic mass is 32.2. The number of thioether (sulfide) groups is 1. The maximum Gasteiger partial charge on any atom is 0.243 e. The van der Waals surface area contributed by atoms with Crippen molar-refractivity contribution in [3.05, 3.63) is 42.5 Å². The van der Waals surface area contributed by atoms with E-state index in [-0.39, 0.29) is 16.7 Å². The summed E-state index contributed by atoms with van der Waals surface area (Å²) in [6, 6.07) is 12.4. The molecule has 2 aliphatic heterocycles. The van der Waals surface area contributed by atoms with Gasteiger partial charge in [-0.2, -0.15) is 4.31 Å². The van der Waals surface area contributed by atoms with Gasteiger partial charge in [0.25, 0.3) is 0 Å². The fourth-order valence-electron chi connectivity index (χ4n) is 3.61. The Bertz CT molecular complexity index is 1020. The van der Waals surface area contributed by atoms with Crippen molar-refractivity contribution in [2.75, 3.05) is 37.9 Å². The minimum atomic E-state index is -3.65. The third-order valence-corrected chi connectivity index (χ3v) is 7.97. The van der Waals surface area contributed by atoms with E-state index in [0.717, 1.165) is 10.6 Å². The highest BCUT2D eigenvalue weighted by Crippen LogP contribution is 2.34. The Morgan fingerprint density at radius 3 is 2.37 bits per heavy atom. The van der Waals surface area contributed by atoms with Crippen LogP contribution in [-0.2, 0) is 14.8 Å². The Labute approximate surface area is 180 Å². The van der Waals surface area contributed by atoms with Crippen LogP contribution < -0.4 is 14.8 Å². The zero-order chi connectivity index (χ0) is 21.1. The summed E-state index contributed by atoms with van der Waals surface area (Å²) in [4.78, 5) is 13.9. The topological polar surface area (TPSA) is 84.9 Å². The molecule has 0 atom stereocenters. The van der Waals surface area contributed by atoms with Crippen molar-refractivity contribution < 1.29 is 22.7 Å². The second-order valence-electron chi connectivity index (χ2n) is 7.20. The number of sulfonamides is 1. The molecule has 4 rings (SSSR count). The van der Waals surface area contributed by atoms with Crippen LogP contribution in [0.15, 0.2) is 52.3 Å². The van der Waals surface area contributed by atoms with Gasteiger partial charge in [-0.05, 0) is 55.5 Å². The largest absolute Gasteiger partial charge is 0.486 e. The number of carbonyl (C=O) groups excluding carboxylic acids is 1. The maximum absolute atomic E-state index is 13.0. The van der Waals surface area contributed by atoms with E-state index in [1.165, 1.54) is 10.4 Å². The highest BCUT2D eigenvalue weighted by Gasteiger charge is 2.33. The molecule has 0 aliphatic carbocycles. The molecule has 30 heavy (non-hydrogen) atoms. The Morgan fingerprint density at radius 1 is 1.03 bits per heavy atom. The van der Waals surface area contributed by atoms with Crippen LogP contribution in [0, 0.1) is 5.92 Å². The molecule has 0 aromatic heterocycles. The zero-order valence-electron chi connectivity index (χ0n) is 16.7. The molecule has 7 nitrogen and oxygen atoms in total. The summed E-state index contributed by atoms with van der Waals surface area (Å²) in [7, 11) is -3.65. The number of ether oxygens (including phenoxy) is 2. The molecule has 9 heteroatoms. The van der Waals surface area contributed by atoms with E-state index in [4.69, 9.17) is 9.47 Å². The molecule has 2 aromatic rings. The number of amides is 1. The van der Waals surface area contributed by atoms with Gasteiger partial charge in [-0.25, -0.2) is 8.42 Å². The lowest BCUT2D eigenvalue weighted by Gasteiger charge is -2.30. The Hall–Kier alpha value is -2.23. The number of hydrogen-bond acceptors (Lipinski definition) is 6. The van der Waals surface area contributed by atoms with E-state index in [1.54, 1.807) is 23.9 Å². The van der Waals surface area contributed by atoms with Gasteiger partial charge in [0.1, 0.15) is 13.2 Å². The zero-order valence-corrected chi connectivity index (χ0v) is 18.3. The third kappa shape index (κ3) is 4.43. The minimum Gasteiger partial charge on any atom is -0.486 e. The average Bonchev–Trinajstić information content (AvgIpc) is 2.79. The van der Waals surface area contributed by atoms with Gasteiger partial charge in [-0.1, -0.05) is 0 Å². The van der Waals surface area contributed by atoms with Crippen molar-refractivity contribution in [3.63, 3.8) is 0 Å². The van der Waals surface area contributed by atoms with Crippen LogP contribution in [0.25, 0.3) is 0 Å². The summed E-state index contributed by atoms with van der Waals surface area (Å²) in [5, 5.41) is 2.94. The van der Waals surface area contributed by atoms with Crippen LogP contribution in [0.4, 0.5) is 5.69 Å². The molecule has 2 aromatic carbocycles. The van der Waals surface area contributed by atoms with Crippen molar-refractivity contribution in [2.45, 2.75) is 22.6 Å². The number of benzene rings is 2. The first-order valence-electron chi connectivity index (χ1n) is 9.82. The quantitative estimate of drug-likeness (QED) is 0.707. The fourth-order valence-corrected chi connectivity index (χ4v) is 5.50. The number of rotatable bonds is 5. The molecule has 0 saturated carbocycles. The summed E-state index contributed by atoms with van der Waals surface area (Å²) in [6.07, 6.45) is 2.97. The van der Waals surface area contributed by atoms with Crippen molar-refractivity contribution in [3.8, 4) is 11.5 Å². The monoisotopic (exact) mass is 448 g/mol. The SMILES string of the molecule is CSc1ccc(NC(=O)C2CCN(S(=O)(=O)c3ccc4c(c3)OCCO4)CC2)cc1. The smallest absolute Gasteiger partial charge is 0.243 e. The van der Waals surface area contributed by atoms with E-state index in [1.807, 2.05) is 30.5 Å². The van der Waals surface area contributed by atoms with Crippen LogP contribution in [0.3, 0.4) is 0 Å². The van der Waals surface area contributed by atoms with Gasteiger partial charge >= 0.3 is 0 Å². The Balaban J connectivity index is 1.38. The number of carbonyl (C=O) groups is 1. The number of piperidine rings is 1. The van der Waals surface area contributed by atoms with Crippen LogP contribution in [0.5, 0.6) is 11.5 Å². The normalized spacial score (nSPS) is 17.5. The van der Waals surface area contributed by atoms with Gasteiger partial charge in [0.2, 0.25) is 15.9 Å². The van der Waals surface area contributed by atoms with Gasteiger partial charge in [0.15, 0.2) is 11.5 Å². The molecule has 1 saturated heterocycles. The molecule has 1 N–H and O–H groups in total. The summed E-state index contributed by atoms with van der Waals surface area (Å²) >= 11 is 1.64. The van der Waals surface area contributed by atoms with Crippen LogP contribution in [0.2, 0.25) is 0 Å². The van der Waals surface area contributed by atoms with Crippen molar-refractivity contribution in [1.82, 2.24) is 4.31 Å². The lowest BCUT2D eigenvalue weighted by Crippen LogP contribution is -2.41. The van der Waals surface area contributed by atoms with Gasteiger partial charge in [0.05, 0.1) is 4.90 Å². The van der Waals surface area contributed by atoms with Crippen LogP contribution >= 0.6 is 11.8 Å². The fraction of sp³-hybridized carbons (Fsp3) is 0.381. The molecular weight excluding hydrogens is 424 g/mol. The van der Waals surface area contributed by atoms with Gasteiger partial charge < -0.3 is 14.8 Å². The molecule has 0 radical (unpaired) electrons. The lowest BCUT2D eigenvalue weighted by atomic mass is 9.97. The first-order valence-corrected chi connectivity index (χ1v) is 12.5. The van der Waals surface area contributed by atoms with Crippen molar-refractivity contribution in [2.24, 2.45) is 5.92 Å². The predicted molar refractivity (Wildman–Crippen MR) is 116 cm³/mol. The number of anilines is 1. The van der Waals surface area contributed by atoms with Gasteiger partial charge in [-0.3, -0.25) is 4.79 Å². The van der Waals surface area contributed by atoms with E-state index in [2.05, 4.69) is 5.32 Å². The predicted octanol–water partition coefficient (Wildman–Crippen LogP) is 3.22. The van der Waals surface area contributed by atoms with Crippen LogP contribution in [0.1, 0.15) is 12.8 Å². The minimum absolute atomic E-state index is 0.0664. The van der Waals surface area contributed by atoms with Gasteiger partial charge in [-0.15, -0.1) is 11.8 Å². The first kappa shape index (κ1) is 21.0. The van der Waals surface area contributed by atoms with E-state index < -0.39 is 10.0 Å². The van der Waals surface area contributed by atoms with Crippen LogP contribution in [-0.4, -0.2) is 51.2 Å². The first-order chi connectivity index (χ1) is 14.5. The molecular formula is C21H24N2O5S2. The molecule has 0 spiro atoms. The number of fused-ring (bicyclic) bond motifs is 1. The second-order valence-corrected chi connectivity index (χ2v) is 10.0. The summed E-state index contributed by atoms with van der Waals surface area (Å²) < 4.78 is 38.5. The molecule has 2 aliphatic rings. The van der Waals surface area contributed by atoms with E-state index in [9.17, 15) is 13.2 Å². The number of hydrogen-bond donors (Lipinski definition) is 1. The molecule has 1 amide bonds. The second kappa shape index (κ2) is 8.87.